The second kappa shape index (κ2) is 9.67. The summed E-state index contributed by atoms with van der Waals surface area (Å²) < 4.78 is 21.4. The predicted molar refractivity (Wildman–Crippen MR) is 110 cm³/mol. The lowest BCUT2D eigenvalue weighted by atomic mass is 10.1. The highest BCUT2D eigenvalue weighted by atomic mass is 16.7. The molecular formula is C22H27N2O9+. The van der Waals surface area contributed by atoms with Crippen molar-refractivity contribution in [3.63, 3.8) is 0 Å². The topological polar surface area (TPSA) is 141 Å². The number of ether oxygens (including phenoxy) is 4. The van der Waals surface area contributed by atoms with E-state index in [0.717, 1.165) is 25.1 Å². The van der Waals surface area contributed by atoms with Crippen molar-refractivity contribution in [1.29, 1.82) is 0 Å². The third-order valence-corrected chi connectivity index (χ3v) is 6.04. The molecule has 3 aliphatic rings. The zero-order valence-corrected chi connectivity index (χ0v) is 18.1. The molecule has 1 aromatic rings. The number of nitrogens with one attached hydrogen (secondary N) is 1. The first-order valence-electron chi connectivity index (χ1n) is 10.7. The van der Waals surface area contributed by atoms with Crippen molar-refractivity contribution in [2.24, 2.45) is 0 Å². The van der Waals surface area contributed by atoms with Gasteiger partial charge < -0.3 is 29.2 Å². The second-order valence-corrected chi connectivity index (χ2v) is 8.06. The summed E-state index contributed by atoms with van der Waals surface area (Å²) in [6.45, 7) is -0.0911. The van der Waals surface area contributed by atoms with Crippen molar-refractivity contribution in [1.82, 2.24) is 5.32 Å². The summed E-state index contributed by atoms with van der Waals surface area (Å²) in [5.74, 6) is -0.898. The van der Waals surface area contributed by atoms with Crippen LogP contribution in [-0.4, -0.2) is 83.7 Å². The zero-order valence-electron chi connectivity index (χ0n) is 18.1. The number of carbonyl (C=O) groups excluding carboxylic acids is 3. The molecule has 2 unspecified atom stereocenters. The van der Waals surface area contributed by atoms with Gasteiger partial charge in [-0.05, 0) is 43.5 Å². The molecule has 3 heterocycles. The van der Waals surface area contributed by atoms with Crippen molar-refractivity contribution in [3.05, 3.63) is 42.1 Å². The number of rotatable bonds is 6. The van der Waals surface area contributed by atoms with E-state index in [1.807, 2.05) is 0 Å². The highest BCUT2D eigenvalue weighted by Crippen LogP contribution is 2.37. The van der Waals surface area contributed by atoms with Crippen LogP contribution in [0.3, 0.4) is 0 Å². The Labute approximate surface area is 190 Å². The second-order valence-electron chi connectivity index (χ2n) is 8.06. The first kappa shape index (κ1) is 23.5. The van der Waals surface area contributed by atoms with E-state index in [1.54, 1.807) is 12.1 Å². The number of quaternary nitrogens is 1. The molecule has 178 valence electrons. The number of amides is 4. The van der Waals surface area contributed by atoms with Crippen LogP contribution >= 0.6 is 0 Å². The molecule has 2 saturated heterocycles. The standard InChI is InChI=1S/C22H26N2O9/c1-30-14-7-5-13(6-8-14)20(28)24(10-9-16(26)23-22(24)29)21-19(18(27)15(12-25)32-21)33-17-4-2-3-11-31-17/h5-10,15,17-19,21,25,27H,2-4,11-12H2,1H3/p+1/t15-,17?,18-,19-,21-,24?/m1/s1. The predicted octanol–water partition coefficient (Wildman–Crippen LogP) is 0.406. The summed E-state index contributed by atoms with van der Waals surface area (Å²) in [5, 5.41) is 22.7. The summed E-state index contributed by atoms with van der Waals surface area (Å²) in [6, 6.07) is 5.12. The van der Waals surface area contributed by atoms with Gasteiger partial charge in [0.25, 0.3) is 5.91 Å². The van der Waals surface area contributed by atoms with Crippen LogP contribution in [0.25, 0.3) is 0 Å². The minimum absolute atomic E-state index is 0.142. The van der Waals surface area contributed by atoms with E-state index < -0.39 is 59.8 Å². The van der Waals surface area contributed by atoms with Gasteiger partial charge in [0.2, 0.25) is 6.23 Å². The Morgan fingerprint density at radius 1 is 1.24 bits per heavy atom. The Bertz CT molecular complexity index is 928. The van der Waals surface area contributed by atoms with E-state index >= 15 is 0 Å². The van der Waals surface area contributed by atoms with Gasteiger partial charge in [0.1, 0.15) is 24.2 Å². The van der Waals surface area contributed by atoms with Crippen LogP contribution in [0, 0.1) is 0 Å². The maximum Gasteiger partial charge on any atom is 0.438 e. The molecule has 0 radical (unpaired) electrons. The number of imide groups is 2. The van der Waals surface area contributed by atoms with Crippen LogP contribution in [0.5, 0.6) is 5.75 Å². The van der Waals surface area contributed by atoms with Gasteiger partial charge in [-0.3, -0.25) is 4.79 Å². The number of methoxy groups -OCH3 is 1. The number of carbonyl (C=O) groups is 3. The molecule has 1 aromatic carbocycles. The molecule has 3 aliphatic heterocycles. The fourth-order valence-electron chi connectivity index (χ4n) is 4.25. The molecule has 0 spiro atoms. The Kier molecular flexibility index (Phi) is 6.88. The van der Waals surface area contributed by atoms with Gasteiger partial charge in [0.05, 0.1) is 25.4 Å². The Balaban J connectivity index is 1.76. The van der Waals surface area contributed by atoms with Crippen LogP contribution in [0.15, 0.2) is 36.5 Å². The van der Waals surface area contributed by atoms with Crippen LogP contribution in [0.4, 0.5) is 4.79 Å². The number of nitrogens with zero attached hydrogens (tertiary/aromatic N) is 1. The average Bonchev–Trinajstić information content (AvgIpc) is 3.15. The summed E-state index contributed by atoms with van der Waals surface area (Å²) in [6.07, 6.45) is -1.25. The van der Waals surface area contributed by atoms with E-state index in [-0.39, 0.29) is 5.56 Å². The van der Waals surface area contributed by atoms with Crippen molar-refractivity contribution in [2.45, 2.75) is 50.1 Å². The first-order chi connectivity index (χ1) is 15.9. The lowest BCUT2D eigenvalue weighted by molar-refractivity contribution is -0.778. The van der Waals surface area contributed by atoms with Crippen molar-refractivity contribution in [2.75, 3.05) is 20.3 Å². The van der Waals surface area contributed by atoms with Gasteiger partial charge in [-0.25, -0.2) is 14.9 Å². The third-order valence-electron chi connectivity index (χ3n) is 6.04. The molecule has 3 N–H and O–H groups in total. The van der Waals surface area contributed by atoms with Crippen molar-refractivity contribution >= 4 is 17.8 Å². The van der Waals surface area contributed by atoms with Gasteiger partial charge in [0.15, 0.2) is 12.4 Å². The third kappa shape index (κ3) is 4.31. The van der Waals surface area contributed by atoms with Crippen molar-refractivity contribution < 1.29 is 48.0 Å². The van der Waals surface area contributed by atoms with Crippen molar-refractivity contribution in [3.8, 4) is 5.75 Å². The van der Waals surface area contributed by atoms with Gasteiger partial charge in [-0.15, -0.1) is 4.48 Å². The Morgan fingerprint density at radius 2 is 2.00 bits per heavy atom. The number of benzene rings is 1. The number of hydrogen-bond donors (Lipinski definition) is 3. The van der Waals surface area contributed by atoms with E-state index in [9.17, 15) is 24.6 Å². The lowest BCUT2D eigenvalue weighted by Crippen LogP contribution is -2.68. The van der Waals surface area contributed by atoms with Gasteiger partial charge in [-0.1, -0.05) is 0 Å². The quantitative estimate of drug-likeness (QED) is 0.512. The van der Waals surface area contributed by atoms with E-state index in [0.29, 0.717) is 18.8 Å². The molecule has 2 fully saturated rings. The summed E-state index contributed by atoms with van der Waals surface area (Å²) in [5.41, 5.74) is 0.142. The highest BCUT2D eigenvalue weighted by Gasteiger charge is 2.63. The molecule has 0 aliphatic carbocycles. The smallest absolute Gasteiger partial charge is 0.438 e. The molecule has 0 aromatic heterocycles. The monoisotopic (exact) mass is 463 g/mol. The maximum atomic E-state index is 13.8. The first-order valence-corrected chi connectivity index (χ1v) is 10.7. The summed E-state index contributed by atoms with van der Waals surface area (Å²) >= 11 is 0. The van der Waals surface area contributed by atoms with Crippen LogP contribution in [-0.2, 0) is 19.0 Å². The Morgan fingerprint density at radius 3 is 2.61 bits per heavy atom. The summed E-state index contributed by atoms with van der Waals surface area (Å²) in [7, 11) is 1.48. The van der Waals surface area contributed by atoms with E-state index in [2.05, 4.69) is 5.32 Å². The van der Waals surface area contributed by atoms with Crippen LogP contribution in [0.1, 0.15) is 29.6 Å². The number of aliphatic hydroxyl groups excluding tert-OH is 2. The van der Waals surface area contributed by atoms with Gasteiger partial charge in [0, 0.05) is 6.61 Å². The SMILES string of the molecule is COc1ccc(C(=O)[N+]2([C@@H]3O[C@H](CO)[C@@H](O)[C@H]3OC3CCCCO3)C=CC(=O)NC2=O)cc1. The molecule has 33 heavy (non-hydrogen) atoms. The molecule has 4 amide bonds. The van der Waals surface area contributed by atoms with Gasteiger partial charge in [-0.2, -0.15) is 0 Å². The normalized spacial score (nSPS) is 34.2. The average molecular weight is 463 g/mol. The van der Waals surface area contributed by atoms with Crippen LogP contribution < -0.4 is 10.1 Å². The van der Waals surface area contributed by atoms with E-state index in [4.69, 9.17) is 18.9 Å². The Hall–Kier alpha value is -2.67. The lowest BCUT2D eigenvalue weighted by Gasteiger charge is -2.38. The molecule has 11 nitrogen and oxygen atoms in total. The van der Waals surface area contributed by atoms with Crippen LogP contribution in [0.2, 0.25) is 0 Å². The molecule has 4 rings (SSSR count). The summed E-state index contributed by atoms with van der Waals surface area (Å²) in [4.78, 5) is 38.8. The number of aliphatic hydroxyl groups is 2. The van der Waals surface area contributed by atoms with Gasteiger partial charge >= 0.3 is 11.9 Å². The fraction of sp³-hybridized carbons (Fsp3) is 0.500. The largest absolute Gasteiger partial charge is 0.497 e. The highest BCUT2D eigenvalue weighted by molar-refractivity contribution is 6.06. The minimum Gasteiger partial charge on any atom is -0.497 e. The number of urea groups is 1. The molecule has 6 atom stereocenters. The molecular weight excluding hydrogens is 436 g/mol. The molecule has 11 heteroatoms. The molecule has 0 bridgehead atoms. The maximum absolute atomic E-state index is 13.8. The van der Waals surface area contributed by atoms with E-state index in [1.165, 1.54) is 19.2 Å². The molecule has 0 saturated carbocycles. The minimum atomic E-state index is -1.39. The number of hydrogen-bond acceptors (Lipinski definition) is 9. The fourth-order valence-corrected chi connectivity index (χ4v) is 4.25. The zero-order chi connectivity index (χ0) is 23.6.